The fourth-order valence-corrected chi connectivity index (χ4v) is 4.73. The molecule has 0 saturated heterocycles. The van der Waals surface area contributed by atoms with Crippen LogP contribution in [0, 0.1) is 26.2 Å². The van der Waals surface area contributed by atoms with Gasteiger partial charge in [0, 0.05) is 48.5 Å². The summed E-state index contributed by atoms with van der Waals surface area (Å²) in [6.45, 7) is 15.0. The first kappa shape index (κ1) is 21.8. The van der Waals surface area contributed by atoms with Crippen molar-refractivity contribution >= 4 is 21.4 Å². The summed E-state index contributed by atoms with van der Waals surface area (Å²) in [5.41, 5.74) is 3.10. The quantitative estimate of drug-likeness (QED) is 0.317. The van der Waals surface area contributed by atoms with Crippen LogP contribution in [0.15, 0.2) is 52.8 Å². The average Bonchev–Trinajstić information content (AvgIpc) is 3.23. The van der Waals surface area contributed by atoms with Crippen molar-refractivity contribution in [2.24, 2.45) is 7.05 Å². The molecule has 0 radical (unpaired) electrons. The summed E-state index contributed by atoms with van der Waals surface area (Å²) in [6.07, 6.45) is 1.81. The summed E-state index contributed by atoms with van der Waals surface area (Å²) < 4.78 is 22.6. The SMILES string of the molecule is [C-]#[N+]C(C)(C)c1ccc(Oc2c(C)cc(F)cc2C)c(-c2cn(C)c(=O)c3ccsc23)c1. The van der Waals surface area contributed by atoms with Crippen LogP contribution in [0.4, 0.5) is 4.39 Å². The molecule has 4 rings (SSSR count). The van der Waals surface area contributed by atoms with Gasteiger partial charge in [-0.15, -0.1) is 11.3 Å². The van der Waals surface area contributed by atoms with Crippen molar-refractivity contribution in [2.45, 2.75) is 33.2 Å². The van der Waals surface area contributed by atoms with Gasteiger partial charge >= 0.3 is 0 Å². The van der Waals surface area contributed by atoms with Gasteiger partial charge < -0.3 is 14.1 Å². The molecule has 0 saturated carbocycles. The molecule has 2 aromatic carbocycles. The van der Waals surface area contributed by atoms with Crippen molar-refractivity contribution in [1.29, 1.82) is 0 Å². The van der Waals surface area contributed by atoms with Gasteiger partial charge in [0.05, 0.1) is 5.39 Å². The first-order chi connectivity index (χ1) is 15.1. The zero-order chi connectivity index (χ0) is 23.2. The predicted octanol–water partition coefficient (Wildman–Crippen LogP) is 6.97. The lowest BCUT2D eigenvalue weighted by Crippen LogP contribution is -2.16. The van der Waals surface area contributed by atoms with E-state index >= 15 is 0 Å². The lowest BCUT2D eigenvalue weighted by molar-refractivity contribution is 0.473. The van der Waals surface area contributed by atoms with Gasteiger partial charge in [-0.1, -0.05) is 0 Å². The second-order valence-electron chi connectivity index (χ2n) is 8.47. The van der Waals surface area contributed by atoms with Crippen LogP contribution >= 0.6 is 11.3 Å². The van der Waals surface area contributed by atoms with Crippen molar-refractivity contribution in [3.8, 4) is 22.6 Å². The Balaban J connectivity index is 2.00. The number of benzene rings is 2. The first-order valence-electron chi connectivity index (χ1n) is 10.2. The van der Waals surface area contributed by atoms with Crippen LogP contribution < -0.4 is 10.3 Å². The lowest BCUT2D eigenvalue weighted by Gasteiger charge is -2.19. The van der Waals surface area contributed by atoms with Crippen LogP contribution in [0.25, 0.3) is 26.1 Å². The number of aromatic nitrogens is 1. The fourth-order valence-electron chi connectivity index (χ4n) is 3.82. The number of rotatable bonds is 4. The van der Waals surface area contributed by atoms with E-state index in [1.165, 1.54) is 23.5 Å². The van der Waals surface area contributed by atoms with Crippen LogP contribution in [0.2, 0.25) is 0 Å². The minimum Gasteiger partial charge on any atom is -0.456 e. The number of hydrogen-bond donors (Lipinski definition) is 0. The molecule has 0 N–H and O–H groups in total. The summed E-state index contributed by atoms with van der Waals surface area (Å²) in [5.74, 6) is 0.873. The number of ether oxygens (including phenoxy) is 1. The second-order valence-corrected chi connectivity index (χ2v) is 9.39. The maximum Gasteiger partial charge on any atom is 0.259 e. The maximum atomic E-state index is 13.8. The van der Waals surface area contributed by atoms with Gasteiger partial charge in [-0.25, -0.2) is 11.0 Å². The van der Waals surface area contributed by atoms with E-state index in [0.717, 1.165) is 21.4 Å². The van der Waals surface area contributed by atoms with Gasteiger partial charge in [-0.2, -0.15) is 0 Å². The molecule has 0 unspecified atom stereocenters. The number of aryl methyl sites for hydroxylation is 3. The maximum absolute atomic E-state index is 13.8. The first-order valence-corrected chi connectivity index (χ1v) is 11.1. The van der Waals surface area contributed by atoms with E-state index in [0.29, 0.717) is 28.0 Å². The van der Waals surface area contributed by atoms with E-state index in [1.54, 1.807) is 11.6 Å². The van der Waals surface area contributed by atoms with E-state index in [9.17, 15) is 9.18 Å². The molecule has 4 aromatic rings. The molecule has 0 atom stereocenters. The molecule has 0 aliphatic carbocycles. The van der Waals surface area contributed by atoms with Crippen LogP contribution in [-0.4, -0.2) is 4.57 Å². The van der Waals surface area contributed by atoms with E-state index in [2.05, 4.69) is 4.85 Å². The van der Waals surface area contributed by atoms with Crippen molar-refractivity contribution in [3.05, 3.63) is 92.3 Å². The summed E-state index contributed by atoms with van der Waals surface area (Å²) in [4.78, 5) is 16.4. The molecule has 0 bridgehead atoms. The smallest absolute Gasteiger partial charge is 0.259 e. The average molecular weight is 447 g/mol. The molecule has 4 nitrogen and oxygen atoms in total. The third kappa shape index (κ3) is 3.69. The molecule has 0 aliphatic heterocycles. The Morgan fingerprint density at radius 2 is 1.78 bits per heavy atom. The van der Waals surface area contributed by atoms with Crippen LogP contribution in [-0.2, 0) is 12.6 Å². The highest BCUT2D eigenvalue weighted by molar-refractivity contribution is 7.17. The van der Waals surface area contributed by atoms with Crippen molar-refractivity contribution in [1.82, 2.24) is 4.57 Å². The number of pyridine rings is 1. The number of hydrogen-bond acceptors (Lipinski definition) is 3. The minimum atomic E-state index is -0.718. The Morgan fingerprint density at radius 1 is 1.09 bits per heavy atom. The van der Waals surface area contributed by atoms with Crippen LogP contribution in [0.3, 0.4) is 0 Å². The van der Waals surface area contributed by atoms with Gasteiger partial charge in [0.1, 0.15) is 17.3 Å². The molecule has 2 heterocycles. The Kier molecular flexibility index (Phi) is 5.39. The zero-order valence-corrected chi connectivity index (χ0v) is 19.4. The molecule has 162 valence electrons. The molecule has 0 spiro atoms. The summed E-state index contributed by atoms with van der Waals surface area (Å²) >= 11 is 1.50. The number of nitrogens with zero attached hydrogens (tertiary/aromatic N) is 2. The number of halogens is 1. The van der Waals surface area contributed by atoms with Crippen LogP contribution in [0.1, 0.15) is 30.5 Å². The molecule has 6 heteroatoms. The molecule has 32 heavy (non-hydrogen) atoms. The number of thiophene rings is 1. The summed E-state index contributed by atoms with van der Waals surface area (Å²) in [7, 11) is 1.73. The van der Waals surface area contributed by atoms with E-state index in [4.69, 9.17) is 11.3 Å². The molecule has 0 amide bonds. The molecule has 2 aromatic heterocycles. The Hall–Kier alpha value is -3.43. The topological polar surface area (TPSA) is 35.6 Å². The van der Waals surface area contributed by atoms with Gasteiger partial charge in [-0.3, -0.25) is 4.79 Å². The third-order valence-electron chi connectivity index (χ3n) is 5.68. The molecule has 0 fully saturated rings. The van der Waals surface area contributed by atoms with E-state index in [1.807, 2.05) is 63.5 Å². The Bertz CT molecular complexity index is 1430. The van der Waals surface area contributed by atoms with E-state index < -0.39 is 5.54 Å². The standard InChI is InChI=1S/C26H23FN2O2S/c1-15-11-18(27)12-16(2)23(15)31-22-8-7-17(26(3,4)28-5)13-20(22)21-14-29(6)25(30)19-9-10-32-24(19)21/h7-14H,1-4,6H3. The lowest BCUT2D eigenvalue weighted by atomic mass is 9.91. The highest BCUT2D eigenvalue weighted by Gasteiger charge is 2.28. The highest BCUT2D eigenvalue weighted by atomic mass is 32.1. The van der Waals surface area contributed by atoms with Gasteiger partial charge in [-0.05, 0) is 66.8 Å². The minimum absolute atomic E-state index is 0.0599. The Morgan fingerprint density at radius 3 is 2.44 bits per heavy atom. The van der Waals surface area contributed by atoms with Gasteiger partial charge in [0.2, 0.25) is 0 Å². The van der Waals surface area contributed by atoms with Crippen molar-refractivity contribution < 1.29 is 9.13 Å². The number of fused-ring (bicyclic) bond motifs is 1. The highest BCUT2D eigenvalue weighted by Crippen LogP contribution is 2.42. The third-order valence-corrected chi connectivity index (χ3v) is 6.62. The van der Waals surface area contributed by atoms with Crippen LogP contribution in [0.5, 0.6) is 11.5 Å². The summed E-state index contributed by atoms with van der Waals surface area (Å²) in [6, 6.07) is 10.4. The molecular weight excluding hydrogens is 423 g/mol. The fraction of sp³-hybridized carbons (Fsp3) is 0.231. The van der Waals surface area contributed by atoms with Crippen molar-refractivity contribution in [2.75, 3.05) is 0 Å². The Labute approximate surface area is 190 Å². The van der Waals surface area contributed by atoms with Gasteiger partial charge in [0.15, 0.2) is 0 Å². The molecule has 0 aliphatic rings. The predicted molar refractivity (Wildman–Crippen MR) is 128 cm³/mol. The van der Waals surface area contributed by atoms with Crippen molar-refractivity contribution in [3.63, 3.8) is 0 Å². The van der Waals surface area contributed by atoms with Gasteiger partial charge in [0.25, 0.3) is 11.1 Å². The summed E-state index contributed by atoms with van der Waals surface area (Å²) in [5, 5.41) is 2.54. The second kappa shape index (κ2) is 7.92. The van der Waals surface area contributed by atoms with E-state index in [-0.39, 0.29) is 11.4 Å². The zero-order valence-electron chi connectivity index (χ0n) is 18.6. The normalized spacial score (nSPS) is 11.5. The largest absolute Gasteiger partial charge is 0.456 e. The molecular formula is C26H23FN2O2S. The monoisotopic (exact) mass is 446 g/mol.